The van der Waals surface area contributed by atoms with E-state index >= 15 is 0 Å². The summed E-state index contributed by atoms with van der Waals surface area (Å²) in [6.45, 7) is 1.17. The molecule has 4 rings (SSSR count). The molecule has 0 atom stereocenters. The lowest BCUT2D eigenvalue weighted by Gasteiger charge is -2.38. The van der Waals surface area contributed by atoms with Crippen LogP contribution in [0.15, 0.2) is 84.7 Å². The number of hydrogen-bond donors (Lipinski definition) is 1. The van der Waals surface area contributed by atoms with Crippen LogP contribution in [-0.4, -0.2) is 28.9 Å². The largest absolute Gasteiger partial charge is 0.355 e. The van der Waals surface area contributed by atoms with E-state index in [1.54, 1.807) is 12.4 Å². The fourth-order valence-electron chi connectivity index (χ4n) is 3.97. The van der Waals surface area contributed by atoms with Crippen molar-refractivity contribution in [1.82, 2.24) is 9.88 Å². The van der Waals surface area contributed by atoms with Crippen molar-refractivity contribution < 1.29 is 4.79 Å². The average molecular weight is 396 g/mol. The molecule has 0 saturated carbocycles. The van der Waals surface area contributed by atoms with Crippen LogP contribution >= 0.6 is 0 Å². The summed E-state index contributed by atoms with van der Waals surface area (Å²) in [6, 6.07) is 13.8. The highest BCUT2D eigenvalue weighted by molar-refractivity contribution is 5.94. The minimum Gasteiger partial charge on any atom is -0.355 e. The number of pyridine rings is 1. The predicted octanol–water partition coefficient (Wildman–Crippen LogP) is 5.01. The Bertz CT molecular complexity index is 1020. The van der Waals surface area contributed by atoms with Gasteiger partial charge >= 0.3 is 0 Å². The van der Waals surface area contributed by atoms with E-state index in [9.17, 15) is 10.1 Å². The molecular formula is C25H24N4O. The molecule has 1 aromatic heterocycles. The highest BCUT2D eigenvalue weighted by Gasteiger charge is 2.38. The fourth-order valence-corrected chi connectivity index (χ4v) is 3.97. The lowest BCUT2D eigenvalue weighted by Crippen LogP contribution is -2.43. The standard InChI is InChI=1S/C25H24N4O/c26-19-25(21-5-3-1-2-4-6-21)13-17-29(18-14-25)24(30)20-7-9-22(10-8-20)28-23-11-15-27-16-12-23/h1-3,5-12,15-16H,4,13-14,17-18H2,(H,27,28). The van der Waals surface area contributed by atoms with Gasteiger partial charge in [-0.25, -0.2) is 0 Å². The van der Waals surface area contributed by atoms with Crippen LogP contribution in [0.5, 0.6) is 0 Å². The van der Waals surface area contributed by atoms with Gasteiger partial charge in [-0.1, -0.05) is 30.4 Å². The van der Waals surface area contributed by atoms with E-state index in [0.29, 0.717) is 31.5 Å². The van der Waals surface area contributed by atoms with Crippen LogP contribution in [-0.2, 0) is 0 Å². The van der Waals surface area contributed by atoms with Gasteiger partial charge in [-0.3, -0.25) is 9.78 Å². The number of anilines is 2. The first-order valence-corrected chi connectivity index (χ1v) is 10.2. The van der Waals surface area contributed by atoms with Crippen molar-refractivity contribution in [1.29, 1.82) is 5.26 Å². The second-order valence-corrected chi connectivity index (χ2v) is 7.61. The number of likely N-dealkylation sites (tertiary alicyclic amines) is 1. The molecule has 0 radical (unpaired) electrons. The van der Waals surface area contributed by atoms with E-state index in [2.05, 4.69) is 28.5 Å². The number of nitrogens with zero attached hydrogens (tertiary/aromatic N) is 3. The van der Waals surface area contributed by atoms with Gasteiger partial charge in [0.2, 0.25) is 0 Å². The molecular weight excluding hydrogens is 372 g/mol. The van der Waals surface area contributed by atoms with Crippen molar-refractivity contribution >= 4 is 17.3 Å². The van der Waals surface area contributed by atoms with Gasteiger partial charge in [-0.15, -0.1) is 0 Å². The molecule has 1 aliphatic heterocycles. The summed E-state index contributed by atoms with van der Waals surface area (Å²) in [5.74, 6) is 0.0176. The van der Waals surface area contributed by atoms with E-state index in [1.165, 1.54) is 0 Å². The molecule has 2 aromatic rings. The first-order valence-electron chi connectivity index (χ1n) is 10.2. The molecule has 1 aromatic carbocycles. The Labute approximate surface area is 177 Å². The molecule has 2 aliphatic rings. The van der Waals surface area contributed by atoms with Gasteiger partial charge in [0.05, 0.1) is 11.5 Å². The van der Waals surface area contributed by atoms with Crippen LogP contribution in [0.4, 0.5) is 11.4 Å². The highest BCUT2D eigenvalue weighted by Crippen LogP contribution is 2.40. The molecule has 1 aliphatic carbocycles. The molecule has 5 heteroatoms. The summed E-state index contributed by atoms with van der Waals surface area (Å²) in [5.41, 5.74) is 3.11. The zero-order valence-electron chi connectivity index (χ0n) is 16.8. The smallest absolute Gasteiger partial charge is 0.253 e. The van der Waals surface area contributed by atoms with Crippen LogP contribution in [0.25, 0.3) is 0 Å². The summed E-state index contributed by atoms with van der Waals surface area (Å²) < 4.78 is 0. The van der Waals surface area contributed by atoms with Gasteiger partial charge < -0.3 is 10.2 Å². The van der Waals surface area contributed by atoms with Crippen LogP contribution < -0.4 is 5.32 Å². The number of benzene rings is 1. The van der Waals surface area contributed by atoms with Crippen molar-refractivity contribution in [2.24, 2.45) is 5.41 Å². The topological polar surface area (TPSA) is 69.0 Å². The van der Waals surface area contributed by atoms with E-state index < -0.39 is 5.41 Å². The highest BCUT2D eigenvalue weighted by atomic mass is 16.2. The number of aromatic nitrogens is 1. The third-order valence-electron chi connectivity index (χ3n) is 5.77. The first kappa shape index (κ1) is 19.7. The quantitative estimate of drug-likeness (QED) is 0.788. The SMILES string of the molecule is N#CC1(C2=CCC=CC=C2)CCN(C(=O)c2ccc(Nc3ccncc3)cc2)CC1. The van der Waals surface area contributed by atoms with Crippen molar-refractivity contribution in [3.8, 4) is 6.07 Å². The summed E-state index contributed by atoms with van der Waals surface area (Å²) in [4.78, 5) is 18.8. The van der Waals surface area contributed by atoms with Gasteiger partial charge in [0.15, 0.2) is 0 Å². The monoisotopic (exact) mass is 396 g/mol. The maximum atomic E-state index is 13.0. The Kier molecular flexibility index (Phi) is 5.76. The maximum Gasteiger partial charge on any atom is 0.253 e. The predicted molar refractivity (Wildman–Crippen MR) is 118 cm³/mol. The minimum atomic E-state index is -0.502. The molecule has 0 unspecified atom stereocenters. The summed E-state index contributed by atoms with van der Waals surface area (Å²) in [7, 11) is 0. The minimum absolute atomic E-state index is 0.0176. The summed E-state index contributed by atoms with van der Waals surface area (Å²) >= 11 is 0. The average Bonchev–Trinajstić information content (AvgIpc) is 3.10. The fraction of sp³-hybridized carbons (Fsp3) is 0.240. The maximum absolute atomic E-state index is 13.0. The van der Waals surface area contributed by atoms with Crippen LogP contribution in [0.1, 0.15) is 29.6 Å². The number of allylic oxidation sites excluding steroid dienone is 6. The second-order valence-electron chi connectivity index (χ2n) is 7.61. The number of nitrogens with one attached hydrogen (secondary N) is 1. The van der Waals surface area contributed by atoms with Crippen LogP contribution in [0.3, 0.4) is 0 Å². The zero-order chi connectivity index (χ0) is 20.8. The van der Waals surface area contributed by atoms with Crippen LogP contribution in [0.2, 0.25) is 0 Å². The van der Waals surface area contributed by atoms with E-state index in [-0.39, 0.29) is 5.91 Å². The number of piperidine rings is 1. The molecule has 1 saturated heterocycles. The van der Waals surface area contributed by atoms with Gasteiger partial charge in [0.1, 0.15) is 0 Å². The molecule has 1 fully saturated rings. The van der Waals surface area contributed by atoms with E-state index in [4.69, 9.17) is 0 Å². The Balaban J connectivity index is 1.40. The Morgan fingerprint density at radius 2 is 1.73 bits per heavy atom. The lowest BCUT2D eigenvalue weighted by molar-refractivity contribution is 0.0674. The Morgan fingerprint density at radius 3 is 2.43 bits per heavy atom. The van der Waals surface area contributed by atoms with E-state index in [1.807, 2.05) is 59.5 Å². The second kappa shape index (κ2) is 8.79. The Morgan fingerprint density at radius 1 is 1.03 bits per heavy atom. The van der Waals surface area contributed by atoms with Crippen molar-refractivity contribution in [2.75, 3.05) is 18.4 Å². The normalized spacial score (nSPS) is 17.6. The van der Waals surface area contributed by atoms with Crippen molar-refractivity contribution in [2.45, 2.75) is 19.3 Å². The molecule has 150 valence electrons. The molecule has 2 heterocycles. The third kappa shape index (κ3) is 4.18. The number of carbonyl (C=O) groups excluding carboxylic acids is 1. The molecule has 5 nitrogen and oxygen atoms in total. The Hall–Kier alpha value is -3.65. The van der Waals surface area contributed by atoms with Gasteiger partial charge in [-0.05, 0) is 61.2 Å². The third-order valence-corrected chi connectivity index (χ3v) is 5.77. The first-order chi connectivity index (χ1) is 14.7. The van der Waals surface area contributed by atoms with Gasteiger partial charge in [0, 0.05) is 42.4 Å². The molecule has 30 heavy (non-hydrogen) atoms. The molecule has 1 amide bonds. The van der Waals surface area contributed by atoms with Crippen molar-refractivity contribution in [3.63, 3.8) is 0 Å². The number of nitriles is 1. The van der Waals surface area contributed by atoms with Crippen LogP contribution in [0, 0.1) is 16.7 Å². The number of hydrogen-bond acceptors (Lipinski definition) is 4. The molecule has 1 N–H and O–H groups in total. The molecule has 0 bridgehead atoms. The lowest BCUT2D eigenvalue weighted by atomic mass is 9.73. The van der Waals surface area contributed by atoms with E-state index in [0.717, 1.165) is 23.4 Å². The van der Waals surface area contributed by atoms with Crippen molar-refractivity contribution in [3.05, 3.63) is 90.3 Å². The number of amides is 1. The summed E-state index contributed by atoms with van der Waals surface area (Å²) in [5, 5.41) is 13.2. The number of carbonyl (C=O) groups is 1. The molecule has 0 spiro atoms. The van der Waals surface area contributed by atoms with Gasteiger partial charge in [0.25, 0.3) is 5.91 Å². The summed E-state index contributed by atoms with van der Waals surface area (Å²) in [6.07, 6.45) is 15.9. The number of rotatable bonds is 4. The van der Waals surface area contributed by atoms with Gasteiger partial charge in [-0.2, -0.15) is 5.26 Å². The zero-order valence-corrected chi connectivity index (χ0v) is 16.8.